The van der Waals surface area contributed by atoms with Crippen LogP contribution in [0.4, 0.5) is 0 Å². The molecule has 0 fully saturated rings. The summed E-state index contributed by atoms with van der Waals surface area (Å²) in [5.41, 5.74) is 0. The number of allylic oxidation sites excluding steroid dienone is 6. The summed E-state index contributed by atoms with van der Waals surface area (Å²) in [5.74, 6) is 0. The molecule has 0 N–H and O–H groups in total. The molecular formula is C15H26. The van der Waals surface area contributed by atoms with Gasteiger partial charge in [0.2, 0.25) is 0 Å². The highest BCUT2D eigenvalue weighted by Gasteiger charge is 1.77. The van der Waals surface area contributed by atoms with Gasteiger partial charge in [-0.15, -0.1) is 0 Å². The minimum absolute atomic E-state index is 1.09. The summed E-state index contributed by atoms with van der Waals surface area (Å²) in [6, 6.07) is 0. The number of rotatable bonds is 9. The van der Waals surface area contributed by atoms with Gasteiger partial charge < -0.3 is 0 Å². The van der Waals surface area contributed by atoms with Crippen LogP contribution in [0.25, 0.3) is 0 Å². The molecule has 0 aliphatic carbocycles. The molecule has 0 unspecified atom stereocenters. The van der Waals surface area contributed by atoms with Crippen molar-refractivity contribution in [3.8, 4) is 0 Å². The van der Waals surface area contributed by atoms with Crippen molar-refractivity contribution in [3.05, 3.63) is 36.5 Å². The highest BCUT2D eigenvalue weighted by atomic mass is 13.8. The first kappa shape index (κ1) is 14.2. The Bertz CT molecular complexity index is 184. The second-order valence-corrected chi connectivity index (χ2v) is 3.82. The van der Waals surface area contributed by atoms with Crippen molar-refractivity contribution in [3.63, 3.8) is 0 Å². The number of hydrogen-bond donors (Lipinski definition) is 0. The van der Waals surface area contributed by atoms with Gasteiger partial charge in [-0.3, -0.25) is 0 Å². The normalized spacial score (nSPS) is 12.4. The number of hydrogen-bond acceptors (Lipinski definition) is 0. The minimum atomic E-state index is 1.09. The lowest BCUT2D eigenvalue weighted by atomic mass is 10.2. The first-order chi connectivity index (χ1) is 7.41. The summed E-state index contributed by atoms with van der Waals surface area (Å²) < 4.78 is 0. The summed E-state index contributed by atoms with van der Waals surface area (Å²) in [4.78, 5) is 0. The Morgan fingerprint density at radius 3 is 1.67 bits per heavy atom. The molecule has 0 spiro atoms. The van der Waals surface area contributed by atoms with Crippen LogP contribution in [0.2, 0.25) is 0 Å². The van der Waals surface area contributed by atoms with E-state index in [1.54, 1.807) is 0 Å². The van der Waals surface area contributed by atoms with Crippen molar-refractivity contribution in [2.45, 2.75) is 58.8 Å². The third-order valence-corrected chi connectivity index (χ3v) is 2.22. The van der Waals surface area contributed by atoms with Gasteiger partial charge in [0.25, 0.3) is 0 Å². The van der Waals surface area contributed by atoms with E-state index >= 15 is 0 Å². The van der Waals surface area contributed by atoms with Crippen LogP contribution in [0, 0.1) is 0 Å². The average Bonchev–Trinajstić information content (AvgIpc) is 2.26. The maximum atomic E-state index is 2.29. The van der Waals surface area contributed by atoms with Gasteiger partial charge in [0, 0.05) is 0 Å². The number of unbranched alkanes of at least 4 members (excludes halogenated alkanes) is 3. The monoisotopic (exact) mass is 206 g/mol. The van der Waals surface area contributed by atoms with E-state index in [2.05, 4.69) is 50.3 Å². The fraction of sp³-hybridized carbons (Fsp3) is 0.600. The van der Waals surface area contributed by atoms with Gasteiger partial charge in [0.15, 0.2) is 0 Å². The molecule has 0 aromatic rings. The van der Waals surface area contributed by atoms with E-state index in [0.29, 0.717) is 0 Å². The van der Waals surface area contributed by atoms with Crippen LogP contribution in [0.1, 0.15) is 58.8 Å². The highest BCUT2D eigenvalue weighted by Crippen LogP contribution is 1.97. The van der Waals surface area contributed by atoms with Gasteiger partial charge >= 0.3 is 0 Å². The zero-order valence-electron chi connectivity index (χ0n) is 10.4. The first-order valence-corrected chi connectivity index (χ1v) is 6.36. The van der Waals surface area contributed by atoms with Crippen LogP contribution in [0.15, 0.2) is 36.5 Å². The Morgan fingerprint density at radius 1 is 0.600 bits per heavy atom. The Morgan fingerprint density at radius 2 is 1.13 bits per heavy atom. The van der Waals surface area contributed by atoms with Crippen molar-refractivity contribution in [2.24, 2.45) is 0 Å². The first-order valence-electron chi connectivity index (χ1n) is 6.36. The van der Waals surface area contributed by atoms with E-state index in [9.17, 15) is 0 Å². The van der Waals surface area contributed by atoms with Gasteiger partial charge in [-0.1, -0.05) is 69.6 Å². The molecule has 0 saturated carbocycles. The molecule has 0 heteroatoms. The Labute approximate surface area is 95.8 Å². The van der Waals surface area contributed by atoms with E-state index in [-0.39, 0.29) is 0 Å². The van der Waals surface area contributed by atoms with Crippen molar-refractivity contribution in [2.75, 3.05) is 0 Å². The highest BCUT2D eigenvalue weighted by molar-refractivity contribution is 4.97. The molecule has 0 saturated heterocycles. The lowest BCUT2D eigenvalue weighted by Crippen LogP contribution is -1.67. The molecular weight excluding hydrogens is 180 g/mol. The second kappa shape index (κ2) is 13.2. The van der Waals surface area contributed by atoms with Crippen molar-refractivity contribution >= 4 is 0 Å². The van der Waals surface area contributed by atoms with E-state index < -0.39 is 0 Å². The molecule has 0 radical (unpaired) electrons. The maximum absolute atomic E-state index is 2.29. The van der Waals surface area contributed by atoms with Crippen molar-refractivity contribution in [1.29, 1.82) is 0 Å². The zero-order chi connectivity index (χ0) is 11.2. The molecule has 0 atom stereocenters. The van der Waals surface area contributed by atoms with Crippen LogP contribution in [0.5, 0.6) is 0 Å². The lowest BCUT2D eigenvalue weighted by molar-refractivity contribution is 0.813. The molecule has 0 bridgehead atoms. The van der Waals surface area contributed by atoms with Gasteiger partial charge in [-0.2, -0.15) is 0 Å². The smallest absolute Gasteiger partial charge is 0.0169 e. The molecule has 0 aromatic heterocycles. The standard InChI is InChI=1S/C15H26/c1-3-5-7-9-11-13-15-14-12-10-8-6-4-2/h7,9-10,12-13,15H,3-6,8,11,14H2,1-2H3/b9-7+,12-10+,15-13+. The van der Waals surface area contributed by atoms with Gasteiger partial charge in [-0.05, 0) is 25.7 Å². The predicted molar refractivity (Wildman–Crippen MR) is 71.1 cm³/mol. The van der Waals surface area contributed by atoms with E-state index in [4.69, 9.17) is 0 Å². The summed E-state index contributed by atoms with van der Waals surface area (Å²) in [7, 11) is 0. The van der Waals surface area contributed by atoms with Gasteiger partial charge in [0.05, 0.1) is 0 Å². The molecule has 0 amide bonds. The van der Waals surface area contributed by atoms with E-state index in [1.165, 1.54) is 32.1 Å². The molecule has 0 rings (SSSR count). The van der Waals surface area contributed by atoms with Crippen LogP contribution in [-0.4, -0.2) is 0 Å². The largest absolute Gasteiger partial charge is 0.0882 e. The third kappa shape index (κ3) is 13.2. The van der Waals surface area contributed by atoms with Crippen LogP contribution in [-0.2, 0) is 0 Å². The van der Waals surface area contributed by atoms with E-state index in [1.807, 2.05) is 0 Å². The van der Waals surface area contributed by atoms with Crippen molar-refractivity contribution < 1.29 is 0 Å². The summed E-state index contributed by atoms with van der Waals surface area (Å²) >= 11 is 0. The van der Waals surface area contributed by atoms with Crippen LogP contribution < -0.4 is 0 Å². The Balaban J connectivity index is 3.27. The van der Waals surface area contributed by atoms with E-state index in [0.717, 1.165) is 12.8 Å². The average molecular weight is 206 g/mol. The van der Waals surface area contributed by atoms with Crippen LogP contribution in [0.3, 0.4) is 0 Å². The Kier molecular flexibility index (Phi) is 12.5. The fourth-order valence-corrected chi connectivity index (χ4v) is 1.27. The Hall–Kier alpha value is -0.780. The van der Waals surface area contributed by atoms with Gasteiger partial charge in [0.1, 0.15) is 0 Å². The van der Waals surface area contributed by atoms with Crippen molar-refractivity contribution in [1.82, 2.24) is 0 Å². The van der Waals surface area contributed by atoms with Gasteiger partial charge in [-0.25, -0.2) is 0 Å². The molecule has 15 heavy (non-hydrogen) atoms. The molecule has 0 aliphatic heterocycles. The van der Waals surface area contributed by atoms with Crippen LogP contribution >= 0.6 is 0 Å². The lowest BCUT2D eigenvalue weighted by Gasteiger charge is -1.87. The molecule has 0 heterocycles. The predicted octanol–water partition coefficient (Wildman–Crippen LogP) is 5.43. The quantitative estimate of drug-likeness (QED) is 0.349. The summed E-state index contributed by atoms with van der Waals surface area (Å²) in [6.45, 7) is 4.44. The SMILES string of the molecule is CCC/C=C/C/C=C/C/C=C/CCCC. The molecule has 0 aliphatic rings. The molecule has 0 nitrogen and oxygen atoms in total. The fourth-order valence-electron chi connectivity index (χ4n) is 1.27. The summed E-state index contributed by atoms with van der Waals surface area (Å²) in [5, 5.41) is 0. The topological polar surface area (TPSA) is 0 Å². The minimum Gasteiger partial charge on any atom is -0.0882 e. The molecule has 86 valence electrons. The second-order valence-electron chi connectivity index (χ2n) is 3.82. The molecule has 0 aromatic carbocycles. The summed E-state index contributed by atoms with van der Waals surface area (Å²) in [6.07, 6.45) is 22.1. The third-order valence-electron chi connectivity index (χ3n) is 2.22. The maximum Gasteiger partial charge on any atom is -0.0169 e. The zero-order valence-corrected chi connectivity index (χ0v) is 10.4.